The molecule has 0 spiro atoms. The van der Waals surface area contributed by atoms with Gasteiger partial charge in [0.2, 0.25) is 0 Å². The second-order valence-corrected chi connectivity index (χ2v) is 3.58. The highest BCUT2D eigenvalue weighted by Crippen LogP contribution is 2.00. The molecule has 3 heteroatoms. The second-order valence-electron chi connectivity index (χ2n) is 3.58. The van der Waals surface area contributed by atoms with Gasteiger partial charge in [-0.25, -0.2) is 0 Å². The van der Waals surface area contributed by atoms with E-state index in [-0.39, 0.29) is 12.3 Å². The Bertz CT molecular complexity index is 97.1. The summed E-state index contributed by atoms with van der Waals surface area (Å²) < 4.78 is 0. The van der Waals surface area contributed by atoms with Crippen LogP contribution in [0.3, 0.4) is 0 Å². The van der Waals surface area contributed by atoms with Crippen LogP contribution >= 0.6 is 0 Å². The minimum Gasteiger partial charge on any atom is -0.393 e. The molecule has 0 bridgehead atoms. The van der Waals surface area contributed by atoms with Crippen LogP contribution in [-0.4, -0.2) is 23.9 Å². The van der Waals surface area contributed by atoms with E-state index in [1.54, 1.807) is 0 Å². The Morgan fingerprint density at radius 1 is 1.15 bits per heavy atom. The summed E-state index contributed by atoms with van der Waals surface area (Å²) >= 11 is 0. The lowest BCUT2D eigenvalue weighted by molar-refractivity contribution is 0.152. The van der Waals surface area contributed by atoms with E-state index >= 15 is 0 Å². The van der Waals surface area contributed by atoms with Crippen LogP contribution in [0.1, 0.15) is 46.0 Å². The van der Waals surface area contributed by atoms with Gasteiger partial charge in [0, 0.05) is 0 Å². The molecule has 0 aliphatic heterocycles. The van der Waals surface area contributed by atoms with Crippen molar-refractivity contribution in [3.05, 3.63) is 0 Å². The van der Waals surface area contributed by atoms with Crippen LogP contribution in [0.2, 0.25) is 0 Å². The first kappa shape index (κ1) is 12.9. The van der Waals surface area contributed by atoms with Crippen molar-refractivity contribution in [2.75, 3.05) is 6.54 Å². The van der Waals surface area contributed by atoms with Crippen molar-refractivity contribution in [2.24, 2.45) is 5.73 Å². The van der Waals surface area contributed by atoms with Crippen LogP contribution < -0.4 is 11.1 Å². The maximum absolute atomic E-state index is 9.41. The van der Waals surface area contributed by atoms with Gasteiger partial charge in [0.1, 0.15) is 0 Å². The zero-order valence-corrected chi connectivity index (χ0v) is 8.92. The molecule has 0 aliphatic carbocycles. The fourth-order valence-electron chi connectivity index (χ4n) is 1.33. The van der Waals surface area contributed by atoms with Crippen LogP contribution in [0.25, 0.3) is 0 Å². The lowest BCUT2D eigenvalue weighted by atomic mass is 10.1. The fraction of sp³-hybridized carbons (Fsp3) is 1.00. The van der Waals surface area contributed by atoms with Crippen molar-refractivity contribution in [1.82, 2.24) is 5.32 Å². The average Bonchev–Trinajstić information content (AvgIpc) is 2.05. The van der Waals surface area contributed by atoms with Crippen molar-refractivity contribution in [3.8, 4) is 0 Å². The van der Waals surface area contributed by atoms with E-state index in [0.29, 0.717) is 0 Å². The Kier molecular flexibility index (Phi) is 8.40. The molecule has 0 saturated heterocycles. The van der Waals surface area contributed by atoms with E-state index in [9.17, 15) is 5.11 Å². The Hall–Kier alpha value is -0.120. The van der Waals surface area contributed by atoms with Gasteiger partial charge in [0.05, 0.1) is 12.3 Å². The Morgan fingerprint density at radius 3 is 2.31 bits per heavy atom. The van der Waals surface area contributed by atoms with Gasteiger partial charge in [0.15, 0.2) is 0 Å². The number of hydrogen-bond acceptors (Lipinski definition) is 3. The first-order chi connectivity index (χ1) is 6.20. The molecule has 0 aromatic rings. The molecular weight excluding hydrogens is 164 g/mol. The van der Waals surface area contributed by atoms with Gasteiger partial charge < -0.3 is 16.2 Å². The van der Waals surface area contributed by atoms with Crippen LogP contribution in [0.15, 0.2) is 0 Å². The van der Waals surface area contributed by atoms with Gasteiger partial charge in [-0.15, -0.1) is 0 Å². The molecule has 4 N–H and O–H groups in total. The minimum absolute atomic E-state index is 0.0961. The molecule has 0 fully saturated rings. The van der Waals surface area contributed by atoms with Gasteiger partial charge in [-0.2, -0.15) is 0 Å². The van der Waals surface area contributed by atoms with E-state index in [1.165, 1.54) is 0 Å². The summed E-state index contributed by atoms with van der Waals surface area (Å²) in [6, 6.07) is 0. The molecule has 0 aromatic carbocycles. The molecule has 0 rings (SSSR count). The van der Waals surface area contributed by atoms with E-state index < -0.39 is 0 Å². The Labute approximate surface area is 81.7 Å². The third-order valence-corrected chi connectivity index (χ3v) is 2.11. The average molecular weight is 188 g/mol. The van der Waals surface area contributed by atoms with Crippen LogP contribution in [-0.2, 0) is 0 Å². The molecule has 0 saturated carbocycles. The molecule has 3 nitrogen and oxygen atoms in total. The van der Waals surface area contributed by atoms with E-state index in [2.05, 4.69) is 19.2 Å². The Morgan fingerprint density at radius 2 is 1.77 bits per heavy atom. The normalized spacial score (nSPS) is 15.7. The van der Waals surface area contributed by atoms with Crippen LogP contribution in [0.5, 0.6) is 0 Å². The summed E-state index contributed by atoms with van der Waals surface area (Å²) in [5.41, 5.74) is 5.75. The minimum atomic E-state index is -0.161. The quantitative estimate of drug-likeness (QED) is 0.502. The maximum atomic E-state index is 9.41. The standard InChI is InChI=1S/C10H24N2O/c1-3-5-9(13)7-8-12-10(11)6-4-2/h9-10,12-13H,3-8,11H2,1-2H3. The number of nitrogens with one attached hydrogen (secondary N) is 1. The zero-order valence-electron chi connectivity index (χ0n) is 8.92. The van der Waals surface area contributed by atoms with Crippen molar-refractivity contribution in [2.45, 2.75) is 58.2 Å². The number of rotatable bonds is 8. The number of nitrogens with two attached hydrogens (primary N) is 1. The first-order valence-corrected chi connectivity index (χ1v) is 5.37. The molecule has 0 amide bonds. The van der Waals surface area contributed by atoms with Gasteiger partial charge in [0.25, 0.3) is 0 Å². The predicted molar refractivity (Wildman–Crippen MR) is 56.4 cm³/mol. The SMILES string of the molecule is CCCC(O)CCNC(N)CCC. The van der Waals surface area contributed by atoms with E-state index in [0.717, 1.165) is 38.6 Å². The topological polar surface area (TPSA) is 58.3 Å². The molecule has 2 atom stereocenters. The van der Waals surface area contributed by atoms with Gasteiger partial charge in [-0.3, -0.25) is 0 Å². The smallest absolute Gasteiger partial charge is 0.0552 e. The molecule has 80 valence electrons. The molecule has 0 aromatic heterocycles. The summed E-state index contributed by atoms with van der Waals surface area (Å²) in [4.78, 5) is 0. The van der Waals surface area contributed by atoms with Gasteiger partial charge in [-0.05, 0) is 25.8 Å². The Balaban J connectivity index is 3.23. The van der Waals surface area contributed by atoms with E-state index in [4.69, 9.17) is 5.73 Å². The predicted octanol–water partition coefficient (Wildman–Crippen LogP) is 1.21. The first-order valence-electron chi connectivity index (χ1n) is 5.37. The number of hydrogen-bond donors (Lipinski definition) is 3. The van der Waals surface area contributed by atoms with Crippen molar-refractivity contribution >= 4 is 0 Å². The molecule has 0 aliphatic rings. The summed E-state index contributed by atoms with van der Waals surface area (Å²) in [6.45, 7) is 5.02. The molecular formula is C10H24N2O. The monoisotopic (exact) mass is 188 g/mol. The highest BCUT2D eigenvalue weighted by molar-refractivity contribution is 4.61. The zero-order chi connectivity index (χ0) is 10.1. The third-order valence-electron chi connectivity index (χ3n) is 2.11. The van der Waals surface area contributed by atoms with Crippen LogP contribution in [0, 0.1) is 0 Å². The highest BCUT2D eigenvalue weighted by Gasteiger charge is 2.03. The van der Waals surface area contributed by atoms with Crippen molar-refractivity contribution in [1.29, 1.82) is 0 Å². The largest absolute Gasteiger partial charge is 0.393 e. The summed E-state index contributed by atoms with van der Waals surface area (Å²) in [5.74, 6) is 0. The van der Waals surface area contributed by atoms with Crippen molar-refractivity contribution < 1.29 is 5.11 Å². The maximum Gasteiger partial charge on any atom is 0.0552 e. The second kappa shape index (κ2) is 8.48. The number of aliphatic hydroxyl groups is 1. The lowest BCUT2D eigenvalue weighted by Gasteiger charge is -2.14. The van der Waals surface area contributed by atoms with Crippen molar-refractivity contribution in [3.63, 3.8) is 0 Å². The molecule has 0 heterocycles. The van der Waals surface area contributed by atoms with E-state index in [1.807, 2.05) is 0 Å². The molecule has 0 radical (unpaired) electrons. The van der Waals surface area contributed by atoms with Gasteiger partial charge >= 0.3 is 0 Å². The molecule has 13 heavy (non-hydrogen) atoms. The summed E-state index contributed by atoms with van der Waals surface area (Å²) in [6.07, 6.45) is 4.79. The fourth-order valence-corrected chi connectivity index (χ4v) is 1.33. The molecule has 2 unspecified atom stereocenters. The lowest BCUT2D eigenvalue weighted by Crippen LogP contribution is -2.38. The summed E-state index contributed by atoms with van der Waals surface area (Å²) in [5, 5.41) is 12.6. The third kappa shape index (κ3) is 8.22. The van der Waals surface area contributed by atoms with Crippen LogP contribution in [0.4, 0.5) is 0 Å². The number of aliphatic hydroxyl groups excluding tert-OH is 1. The summed E-state index contributed by atoms with van der Waals surface area (Å²) in [7, 11) is 0. The highest BCUT2D eigenvalue weighted by atomic mass is 16.3. The van der Waals surface area contributed by atoms with Gasteiger partial charge in [-0.1, -0.05) is 26.7 Å².